The molecule has 3 rings (SSSR count). The Hall–Kier alpha value is -3.59. The van der Waals surface area contributed by atoms with E-state index in [0.717, 1.165) is 0 Å². The van der Waals surface area contributed by atoms with Gasteiger partial charge in [-0.15, -0.1) is 0 Å². The van der Waals surface area contributed by atoms with Crippen LogP contribution >= 0.6 is 0 Å². The van der Waals surface area contributed by atoms with Gasteiger partial charge in [0.25, 0.3) is 11.5 Å². The van der Waals surface area contributed by atoms with Crippen LogP contribution < -0.4 is 17.0 Å². The average Bonchev–Trinajstić information content (AvgIpc) is 3.14. The van der Waals surface area contributed by atoms with E-state index in [9.17, 15) is 14.7 Å². The lowest BCUT2D eigenvalue weighted by molar-refractivity contribution is 0.100. The summed E-state index contributed by atoms with van der Waals surface area (Å²) in [5, 5.41) is 14.4. The number of hydrogen-bond donors (Lipinski definition) is 3. The van der Waals surface area contributed by atoms with Gasteiger partial charge in [-0.3, -0.25) is 18.8 Å². The van der Waals surface area contributed by atoms with Gasteiger partial charge in [0.2, 0.25) is 0 Å². The van der Waals surface area contributed by atoms with E-state index >= 15 is 0 Å². The van der Waals surface area contributed by atoms with Gasteiger partial charge in [-0.1, -0.05) is 6.07 Å². The highest BCUT2D eigenvalue weighted by Crippen LogP contribution is 2.30. The fourth-order valence-corrected chi connectivity index (χ4v) is 3.24. The van der Waals surface area contributed by atoms with E-state index < -0.39 is 11.5 Å². The SMILES string of the molecule is COCCn1cc(-c2cc(C(N)=O)c(N)n(-c3c(C)ccc(O)c3C)c2=O)cn1.[HH]. The third kappa shape index (κ3) is 3.59. The maximum absolute atomic E-state index is 13.4. The second kappa shape index (κ2) is 7.80. The molecule has 9 nitrogen and oxygen atoms in total. The summed E-state index contributed by atoms with van der Waals surface area (Å²) < 4.78 is 7.88. The Labute approximate surface area is 168 Å². The number of phenols is 1. The number of benzene rings is 1. The lowest BCUT2D eigenvalue weighted by atomic mass is 10.0. The second-order valence-electron chi connectivity index (χ2n) is 6.72. The fourth-order valence-electron chi connectivity index (χ4n) is 3.24. The molecule has 0 bridgehead atoms. The Balaban J connectivity index is 0.00000320. The number of aryl methyl sites for hydroxylation is 1. The molecular formula is C20H25N5O4. The number of primary amides is 1. The molecule has 0 saturated heterocycles. The maximum Gasteiger partial charge on any atom is 0.264 e. The normalized spacial score (nSPS) is 11.0. The molecule has 3 aromatic rings. The predicted molar refractivity (Wildman–Crippen MR) is 111 cm³/mol. The van der Waals surface area contributed by atoms with Gasteiger partial charge in [-0.05, 0) is 31.5 Å². The van der Waals surface area contributed by atoms with E-state index in [1.165, 1.54) is 22.9 Å². The maximum atomic E-state index is 13.4. The minimum atomic E-state index is -0.764. The van der Waals surface area contributed by atoms with E-state index in [4.69, 9.17) is 16.2 Å². The van der Waals surface area contributed by atoms with E-state index in [2.05, 4.69) is 5.10 Å². The number of carbonyl (C=O) groups is 1. The van der Waals surface area contributed by atoms with Gasteiger partial charge < -0.3 is 21.3 Å². The third-order valence-electron chi connectivity index (χ3n) is 4.80. The molecule has 0 aliphatic rings. The van der Waals surface area contributed by atoms with E-state index in [1.54, 1.807) is 37.9 Å². The largest absolute Gasteiger partial charge is 0.508 e. The minimum Gasteiger partial charge on any atom is -0.508 e. The molecule has 0 aliphatic heterocycles. The van der Waals surface area contributed by atoms with E-state index in [1.807, 2.05) is 0 Å². The first-order valence-corrected chi connectivity index (χ1v) is 8.92. The summed E-state index contributed by atoms with van der Waals surface area (Å²) in [7, 11) is 1.59. The van der Waals surface area contributed by atoms with Gasteiger partial charge in [0.15, 0.2) is 0 Å². The van der Waals surface area contributed by atoms with Crippen molar-refractivity contribution in [2.75, 3.05) is 19.5 Å². The van der Waals surface area contributed by atoms with Gasteiger partial charge in [0.05, 0.1) is 36.2 Å². The predicted octanol–water partition coefficient (Wildman–Crippen LogP) is 1.60. The summed E-state index contributed by atoms with van der Waals surface area (Å²) in [4.78, 5) is 25.4. The van der Waals surface area contributed by atoms with Crippen molar-refractivity contribution in [3.05, 3.63) is 57.6 Å². The molecule has 29 heavy (non-hydrogen) atoms. The monoisotopic (exact) mass is 399 g/mol. The number of anilines is 1. The number of pyridine rings is 1. The Morgan fingerprint density at radius 3 is 2.72 bits per heavy atom. The molecule has 1 aromatic carbocycles. The van der Waals surface area contributed by atoms with Gasteiger partial charge in [-0.2, -0.15) is 5.10 Å². The van der Waals surface area contributed by atoms with E-state index in [0.29, 0.717) is 35.5 Å². The molecule has 1 amide bonds. The second-order valence-corrected chi connectivity index (χ2v) is 6.72. The summed E-state index contributed by atoms with van der Waals surface area (Å²) in [6, 6.07) is 4.58. The molecule has 0 spiro atoms. The zero-order valence-electron chi connectivity index (χ0n) is 16.5. The molecule has 0 unspecified atom stereocenters. The van der Waals surface area contributed by atoms with Crippen molar-refractivity contribution in [3.8, 4) is 22.6 Å². The third-order valence-corrected chi connectivity index (χ3v) is 4.80. The van der Waals surface area contributed by atoms with Crippen LogP contribution in [-0.2, 0) is 11.3 Å². The first kappa shape index (κ1) is 20.2. The smallest absolute Gasteiger partial charge is 0.264 e. The average molecular weight is 399 g/mol. The number of carbonyl (C=O) groups excluding carboxylic acids is 1. The van der Waals surface area contributed by atoms with E-state index in [-0.39, 0.29) is 24.1 Å². The van der Waals surface area contributed by atoms with Crippen LogP contribution in [0.2, 0.25) is 0 Å². The Bertz CT molecular complexity index is 1150. The van der Waals surface area contributed by atoms with Crippen LogP contribution in [0.15, 0.2) is 35.4 Å². The van der Waals surface area contributed by atoms with Crippen LogP contribution in [-0.4, -0.2) is 39.1 Å². The zero-order valence-corrected chi connectivity index (χ0v) is 16.5. The van der Waals surface area contributed by atoms with Crippen LogP contribution in [0.1, 0.15) is 22.9 Å². The van der Waals surface area contributed by atoms with Crippen LogP contribution in [0.25, 0.3) is 16.8 Å². The van der Waals surface area contributed by atoms with Crippen molar-refractivity contribution in [2.24, 2.45) is 5.73 Å². The topological polar surface area (TPSA) is 138 Å². The number of nitrogens with two attached hydrogens (primary N) is 2. The van der Waals surface area contributed by atoms with Crippen molar-refractivity contribution in [1.29, 1.82) is 0 Å². The number of amides is 1. The molecule has 0 atom stereocenters. The molecule has 5 N–H and O–H groups in total. The van der Waals surface area contributed by atoms with Crippen LogP contribution in [0, 0.1) is 13.8 Å². The number of aromatic hydroxyl groups is 1. The molecule has 2 aromatic heterocycles. The van der Waals surface area contributed by atoms with Crippen molar-refractivity contribution >= 4 is 11.7 Å². The number of aromatic nitrogens is 3. The number of nitrogen functional groups attached to an aromatic ring is 1. The molecule has 0 aliphatic carbocycles. The molecule has 0 saturated carbocycles. The minimum absolute atomic E-state index is 0. The molecular weight excluding hydrogens is 374 g/mol. The van der Waals surface area contributed by atoms with Gasteiger partial charge >= 0.3 is 0 Å². The zero-order chi connectivity index (χ0) is 21.3. The van der Waals surface area contributed by atoms with Crippen molar-refractivity contribution in [2.45, 2.75) is 20.4 Å². The van der Waals surface area contributed by atoms with Crippen molar-refractivity contribution < 1.29 is 16.1 Å². The molecule has 9 heteroatoms. The highest BCUT2D eigenvalue weighted by atomic mass is 16.5. The lowest BCUT2D eigenvalue weighted by Crippen LogP contribution is -2.28. The quantitative estimate of drug-likeness (QED) is 0.575. The van der Waals surface area contributed by atoms with Crippen LogP contribution in [0.5, 0.6) is 5.75 Å². The van der Waals surface area contributed by atoms with Crippen molar-refractivity contribution in [1.82, 2.24) is 14.3 Å². The molecule has 154 valence electrons. The summed E-state index contributed by atoms with van der Waals surface area (Å²) in [6.07, 6.45) is 3.21. The summed E-state index contributed by atoms with van der Waals surface area (Å²) in [5.41, 5.74) is 13.5. The van der Waals surface area contributed by atoms with Crippen LogP contribution in [0.3, 0.4) is 0 Å². The number of nitrogens with zero attached hydrogens (tertiary/aromatic N) is 3. The van der Waals surface area contributed by atoms with Crippen molar-refractivity contribution in [3.63, 3.8) is 0 Å². The Morgan fingerprint density at radius 2 is 2.07 bits per heavy atom. The number of hydrogen-bond acceptors (Lipinski definition) is 6. The fraction of sp³-hybridized carbons (Fsp3) is 0.250. The number of ether oxygens (including phenoxy) is 1. The van der Waals surface area contributed by atoms with Gasteiger partial charge in [0, 0.05) is 25.9 Å². The number of methoxy groups -OCH3 is 1. The summed E-state index contributed by atoms with van der Waals surface area (Å²) >= 11 is 0. The number of phenolic OH excluding ortho intramolecular Hbond substituents is 1. The summed E-state index contributed by atoms with van der Waals surface area (Å²) in [5.74, 6) is -0.843. The lowest BCUT2D eigenvalue weighted by Gasteiger charge is -2.19. The number of rotatable bonds is 6. The molecule has 2 heterocycles. The first-order valence-electron chi connectivity index (χ1n) is 8.92. The Morgan fingerprint density at radius 1 is 1.34 bits per heavy atom. The molecule has 0 radical (unpaired) electrons. The standard InChI is InChI=1S/C20H23N5O4.H2/c1-11-4-5-16(26)12(2)17(11)25-18(21)15(19(22)27)8-14(20(25)28)13-9-23-24(10-13)6-7-29-3;/h4-5,8-10,26H,6-7,21H2,1-3H3,(H2,22,27);1H. The Kier molecular flexibility index (Phi) is 5.42. The molecule has 0 fully saturated rings. The van der Waals surface area contributed by atoms with Gasteiger partial charge in [0.1, 0.15) is 11.6 Å². The first-order chi connectivity index (χ1) is 13.8. The summed E-state index contributed by atoms with van der Waals surface area (Å²) in [6.45, 7) is 4.42. The van der Waals surface area contributed by atoms with Gasteiger partial charge in [-0.25, -0.2) is 0 Å². The highest BCUT2D eigenvalue weighted by molar-refractivity contribution is 5.98. The van der Waals surface area contributed by atoms with Crippen LogP contribution in [0.4, 0.5) is 5.82 Å². The highest BCUT2D eigenvalue weighted by Gasteiger charge is 2.22.